The van der Waals surface area contributed by atoms with Crippen molar-refractivity contribution in [1.82, 2.24) is 0 Å². The molecule has 34 heavy (non-hydrogen) atoms. The molecule has 0 aliphatic carbocycles. The summed E-state index contributed by atoms with van der Waals surface area (Å²) in [6.45, 7) is 3.79. The zero-order chi connectivity index (χ0) is 24.1. The fourth-order valence-corrected chi connectivity index (χ4v) is 4.81. The molecule has 3 aromatic carbocycles. The van der Waals surface area contributed by atoms with Crippen LogP contribution in [0.5, 0.6) is 11.5 Å². The Bertz CT molecular complexity index is 1130. The zero-order valence-corrected chi connectivity index (χ0v) is 21.6. The van der Waals surface area contributed by atoms with Gasteiger partial charge in [-0.3, -0.25) is 0 Å². The van der Waals surface area contributed by atoms with Gasteiger partial charge in [0.2, 0.25) is 0 Å². The predicted octanol–water partition coefficient (Wildman–Crippen LogP) is 7.34. The van der Waals surface area contributed by atoms with Gasteiger partial charge in [-0.25, -0.2) is 0 Å². The Labute approximate surface area is 219 Å². The Morgan fingerprint density at radius 1 is 0.912 bits per heavy atom. The lowest BCUT2D eigenvalue weighted by atomic mass is 10.1. The van der Waals surface area contributed by atoms with Gasteiger partial charge in [0, 0.05) is 40.9 Å². The molecular weight excluding hydrogens is 518 g/mol. The smallest absolute Gasteiger partial charge is 0.180 e. The van der Waals surface area contributed by atoms with E-state index in [1.165, 1.54) is 0 Å². The number of hydrogen-bond donors (Lipinski definition) is 1. The topological polar surface area (TPSA) is 43.0 Å². The van der Waals surface area contributed by atoms with Gasteiger partial charge in [0.05, 0.1) is 36.1 Å². The van der Waals surface area contributed by atoms with E-state index in [-0.39, 0.29) is 6.61 Å². The highest BCUT2D eigenvalue weighted by Gasteiger charge is 2.16. The number of rotatable bonds is 8. The number of nitrogens with one attached hydrogen (secondary N) is 1. The third kappa shape index (κ3) is 5.96. The van der Waals surface area contributed by atoms with Crippen molar-refractivity contribution in [3.63, 3.8) is 0 Å². The molecule has 0 unspecified atom stereocenters. The van der Waals surface area contributed by atoms with Crippen molar-refractivity contribution in [3.05, 3.63) is 79.7 Å². The fraction of sp³-hybridized carbons (Fsp3) is 0.280. The summed E-state index contributed by atoms with van der Waals surface area (Å²) < 4.78 is 16.9. The first-order valence-electron chi connectivity index (χ1n) is 10.7. The number of halogens is 4. The maximum atomic E-state index is 6.55. The summed E-state index contributed by atoms with van der Waals surface area (Å²) in [5.41, 5.74) is 3.54. The van der Waals surface area contributed by atoms with Crippen LogP contribution in [0.3, 0.4) is 0 Å². The van der Waals surface area contributed by atoms with E-state index in [4.69, 9.17) is 60.6 Å². The summed E-state index contributed by atoms with van der Waals surface area (Å²) >= 11 is 25.6. The number of hydrogen-bond acceptors (Lipinski definition) is 5. The van der Waals surface area contributed by atoms with Crippen molar-refractivity contribution in [1.29, 1.82) is 0 Å². The molecule has 1 N–H and O–H groups in total. The molecule has 9 heteroatoms. The highest BCUT2D eigenvalue weighted by molar-refractivity contribution is 6.36. The quantitative estimate of drug-likeness (QED) is 0.323. The first-order valence-corrected chi connectivity index (χ1v) is 12.3. The molecule has 0 bridgehead atoms. The molecule has 1 aliphatic heterocycles. The number of nitrogens with zero attached hydrogens (tertiary/aromatic N) is 1. The van der Waals surface area contributed by atoms with Crippen LogP contribution in [0, 0.1) is 0 Å². The number of benzene rings is 3. The van der Waals surface area contributed by atoms with Gasteiger partial charge in [-0.05, 0) is 48.0 Å². The summed E-state index contributed by atoms with van der Waals surface area (Å²) in [7, 11) is 1.57. The van der Waals surface area contributed by atoms with Crippen LogP contribution in [0.2, 0.25) is 20.1 Å². The molecule has 1 aliphatic rings. The lowest BCUT2D eigenvalue weighted by Crippen LogP contribution is -2.36. The molecule has 0 saturated carbocycles. The molecular formula is C25H24Cl4N2O3. The molecule has 3 aromatic rings. The summed E-state index contributed by atoms with van der Waals surface area (Å²) in [4.78, 5) is 2.23. The molecule has 180 valence electrons. The molecule has 0 aromatic heterocycles. The Kier molecular flexibility index (Phi) is 8.56. The van der Waals surface area contributed by atoms with E-state index in [1.54, 1.807) is 25.3 Å². The van der Waals surface area contributed by atoms with E-state index < -0.39 is 0 Å². The Morgan fingerprint density at radius 2 is 1.65 bits per heavy atom. The zero-order valence-electron chi connectivity index (χ0n) is 18.5. The van der Waals surface area contributed by atoms with E-state index in [9.17, 15) is 0 Å². The Balaban J connectivity index is 1.44. The Morgan fingerprint density at radius 3 is 2.32 bits per heavy atom. The third-order valence-corrected chi connectivity index (χ3v) is 6.80. The summed E-state index contributed by atoms with van der Waals surface area (Å²) in [5, 5.41) is 5.57. The van der Waals surface area contributed by atoms with Gasteiger partial charge in [0.1, 0.15) is 6.61 Å². The van der Waals surface area contributed by atoms with E-state index in [0.29, 0.717) is 56.9 Å². The summed E-state index contributed by atoms with van der Waals surface area (Å²) in [6, 6.07) is 15.0. The van der Waals surface area contributed by atoms with Crippen molar-refractivity contribution < 1.29 is 14.2 Å². The van der Waals surface area contributed by atoms with E-state index in [1.807, 2.05) is 30.3 Å². The molecule has 1 heterocycles. The summed E-state index contributed by atoms with van der Waals surface area (Å²) in [5.74, 6) is 0.954. The third-order valence-electron chi connectivity index (χ3n) is 5.51. The lowest BCUT2D eigenvalue weighted by Gasteiger charge is -2.29. The van der Waals surface area contributed by atoms with Crippen LogP contribution in [0.4, 0.5) is 11.4 Å². The maximum absolute atomic E-state index is 6.55. The summed E-state index contributed by atoms with van der Waals surface area (Å²) in [6.07, 6.45) is 0. The van der Waals surface area contributed by atoms with Crippen LogP contribution in [0.15, 0.2) is 48.5 Å². The molecule has 4 rings (SSSR count). The van der Waals surface area contributed by atoms with Crippen LogP contribution in [0.1, 0.15) is 11.1 Å². The minimum Gasteiger partial charge on any atom is -0.493 e. The predicted molar refractivity (Wildman–Crippen MR) is 141 cm³/mol. The van der Waals surface area contributed by atoms with Gasteiger partial charge in [-0.2, -0.15) is 0 Å². The molecule has 5 nitrogen and oxygen atoms in total. The first-order chi connectivity index (χ1) is 16.5. The van der Waals surface area contributed by atoms with Crippen molar-refractivity contribution in [2.24, 2.45) is 0 Å². The minimum absolute atomic E-state index is 0.167. The molecule has 0 spiro atoms. The van der Waals surface area contributed by atoms with Gasteiger partial charge in [0.15, 0.2) is 11.5 Å². The van der Waals surface area contributed by atoms with Crippen molar-refractivity contribution in [2.45, 2.75) is 13.2 Å². The van der Waals surface area contributed by atoms with Crippen LogP contribution in [-0.2, 0) is 17.9 Å². The van der Waals surface area contributed by atoms with E-state index >= 15 is 0 Å². The standard InChI is InChI=1S/C25H24Cl4N2O3/c1-32-24-12-16(11-22(29)25(24)34-15-18-19(26)3-2-4-20(18)27)14-30-17-5-6-23(21(28)13-17)31-7-9-33-10-8-31/h2-6,11-13,30H,7-10,14-15H2,1H3. The second-order valence-electron chi connectivity index (χ2n) is 7.72. The number of ether oxygens (including phenoxy) is 3. The molecule has 0 amide bonds. The number of methoxy groups -OCH3 is 1. The van der Waals surface area contributed by atoms with Crippen LogP contribution >= 0.6 is 46.4 Å². The van der Waals surface area contributed by atoms with Gasteiger partial charge in [0.25, 0.3) is 0 Å². The average Bonchev–Trinajstić information content (AvgIpc) is 2.83. The molecule has 0 atom stereocenters. The van der Waals surface area contributed by atoms with Crippen molar-refractivity contribution in [2.75, 3.05) is 43.6 Å². The first kappa shape index (κ1) is 25.1. The van der Waals surface area contributed by atoms with Gasteiger partial charge in [-0.15, -0.1) is 0 Å². The monoisotopic (exact) mass is 540 g/mol. The maximum Gasteiger partial charge on any atom is 0.180 e. The SMILES string of the molecule is COc1cc(CNc2ccc(N3CCOCC3)c(Cl)c2)cc(Cl)c1OCc1c(Cl)cccc1Cl. The minimum atomic E-state index is 0.167. The average molecular weight is 542 g/mol. The van der Waals surface area contributed by atoms with Crippen molar-refractivity contribution in [3.8, 4) is 11.5 Å². The van der Waals surface area contributed by atoms with Crippen LogP contribution in [-0.4, -0.2) is 33.4 Å². The molecule has 1 saturated heterocycles. The van der Waals surface area contributed by atoms with Crippen LogP contribution in [0.25, 0.3) is 0 Å². The van der Waals surface area contributed by atoms with Crippen LogP contribution < -0.4 is 19.7 Å². The highest BCUT2D eigenvalue weighted by atomic mass is 35.5. The van der Waals surface area contributed by atoms with Gasteiger partial charge < -0.3 is 24.4 Å². The second kappa shape index (κ2) is 11.6. The van der Waals surface area contributed by atoms with E-state index in [2.05, 4.69) is 10.2 Å². The largest absolute Gasteiger partial charge is 0.493 e. The second-order valence-corrected chi connectivity index (χ2v) is 9.35. The lowest BCUT2D eigenvalue weighted by molar-refractivity contribution is 0.122. The van der Waals surface area contributed by atoms with E-state index in [0.717, 1.165) is 30.0 Å². The van der Waals surface area contributed by atoms with Gasteiger partial charge >= 0.3 is 0 Å². The fourth-order valence-electron chi connectivity index (χ4n) is 3.71. The number of morpholine rings is 1. The van der Waals surface area contributed by atoms with Crippen molar-refractivity contribution >= 4 is 57.8 Å². The normalized spacial score (nSPS) is 13.6. The Hall–Kier alpha value is -2.02. The number of anilines is 2. The van der Waals surface area contributed by atoms with Gasteiger partial charge in [-0.1, -0.05) is 52.5 Å². The highest BCUT2D eigenvalue weighted by Crippen LogP contribution is 2.38. The molecule has 1 fully saturated rings. The molecule has 0 radical (unpaired) electrons.